The van der Waals surface area contributed by atoms with Crippen LogP contribution >= 0.6 is 12.6 Å². The van der Waals surface area contributed by atoms with E-state index in [0.29, 0.717) is 5.75 Å². The van der Waals surface area contributed by atoms with Crippen LogP contribution in [0.3, 0.4) is 0 Å². The first kappa shape index (κ1) is 11.2. The summed E-state index contributed by atoms with van der Waals surface area (Å²) in [5.74, 6) is 0.609. The summed E-state index contributed by atoms with van der Waals surface area (Å²) in [6.07, 6.45) is -4.04. The van der Waals surface area contributed by atoms with E-state index in [0.717, 1.165) is 19.8 Å². The SMILES string of the molecule is CC(OCC1(CS)CC1)C(F)(F)F. The normalized spacial score (nSPS) is 22.8. The molecule has 1 atom stereocenters. The zero-order chi connectivity index (χ0) is 10.1. The first-order chi connectivity index (χ1) is 5.90. The van der Waals surface area contributed by atoms with E-state index in [2.05, 4.69) is 12.6 Å². The summed E-state index contributed by atoms with van der Waals surface area (Å²) >= 11 is 4.08. The molecule has 0 spiro atoms. The molecule has 0 aromatic carbocycles. The molecule has 0 heterocycles. The summed E-state index contributed by atoms with van der Waals surface area (Å²) in [4.78, 5) is 0. The van der Waals surface area contributed by atoms with Gasteiger partial charge in [0.1, 0.15) is 0 Å². The van der Waals surface area contributed by atoms with Gasteiger partial charge in [0.2, 0.25) is 0 Å². The molecule has 0 bridgehead atoms. The number of halogens is 3. The molecule has 1 saturated carbocycles. The molecule has 1 aliphatic carbocycles. The van der Waals surface area contributed by atoms with Crippen molar-refractivity contribution in [3.05, 3.63) is 0 Å². The third-order valence-corrected chi connectivity index (χ3v) is 3.06. The van der Waals surface area contributed by atoms with Crippen LogP contribution in [-0.4, -0.2) is 24.6 Å². The Morgan fingerprint density at radius 2 is 2.00 bits per heavy atom. The summed E-state index contributed by atoms with van der Waals surface area (Å²) < 4.78 is 40.8. The second-order valence-electron chi connectivity index (χ2n) is 3.65. The van der Waals surface area contributed by atoms with Gasteiger partial charge >= 0.3 is 6.18 Å². The third-order valence-electron chi connectivity index (χ3n) is 2.39. The van der Waals surface area contributed by atoms with Crippen molar-refractivity contribution in [3.63, 3.8) is 0 Å². The maximum atomic E-state index is 12.0. The second-order valence-corrected chi connectivity index (χ2v) is 3.97. The van der Waals surface area contributed by atoms with Crippen LogP contribution in [0.15, 0.2) is 0 Å². The summed E-state index contributed by atoms with van der Waals surface area (Å²) in [6, 6.07) is 0. The van der Waals surface area contributed by atoms with Crippen LogP contribution < -0.4 is 0 Å². The summed E-state index contributed by atoms with van der Waals surface area (Å²) in [7, 11) is 0. The number of thiol groups is 1. The molecule has 0 N–H and O–H groups in total. The molecule has 0 aromatic heterocycles. The molecule has 0 aliphatic heterocycles. The molecule has 0 radical (unpaired) electrons. The molecule has 0 aromatic rings. The zero-order valence-corrected chi connectivity index (χ0v) is 8.29. The second kappa shape index (κ2) is 3.69. The van der Waals surface area contributed by atoms with Crippen LogP contribution in [0.2, 0.25) is 0 Å². The fourth-order valence-corrected chi connectivity index (χ4v) is 1.33. The van der Waals surface area contributed by atoms with Crippen molar-refractivity contribution < 1.29 is 17.9 Å². The Kier molecular flexibility index (Phi) is 3.17. The molecule has 1 rings (SSSR count). The maximum Gasteiger partial charge on any atom is 0.414 e. The zero-order valence-electron chi connectivity index (χ0n) is 7.40. The number of hydrogen-bond donors (Lipinski definition) is 1. The van der Waals surface area contributed by atoms with Crippen LogP contribution in [0.4, 0.5) is 13.2 Å². The molecular weight excluding hydrogens is 201 g/mol. The van der Waals surface area contributed by atoms with Gasteiger partial charge in [-0.2, -0.15) is 25.8 Å². The minimum Gasteiger partial charge on any atom is -0.368 e. The highest BCUT2D eigenvalue weighted by Crippen LogP contribution is 2.47. The first-order valence-electron chi connectivity index (χ1n) is 4.19. The van der Waals surface area contributed by atoms with Crippen molar-refractivity contribution in [3.8, 4) is 0 Å². The lowest BCUT2D eigenvalue weighted by Gasteiger charge is -2.19. The standard InChI is InChI=1S/C8H13F3OS/c1-6(8(9,10)11)12-4-7(5-13)2-3-7/h6,13H,2-5H2,1H3. The van der Waals surface area contributed by atoms with Crippen molar-refractivity contribution in [2.24, 2.45) is 5.41 Å². The Balaban J connectivity index is 2.26. The van der Waals surface area contributed by atoms with Gasteiger partial charge < -0.3 is 4.74 Å². The molecule has 78 valence electrons. The predicted molar refractivity (Wildman–Crippen MR) is 47.0 cm³/mol. The fourth-order valence-electron chi connectivity index (χ4n) is 0.921. The van der Waals surface area contributed by atoms with Crippen molar-refractivity contribution in [1.82, 2.24) is 0 Å². The van der Waals surface area contributed by atoms with Crippen molar-refractivity contribution in [2.75, 3.05) is 12.4 Å². The highest BCUT2D eigenvalue weighted by atomic mass is 32.1. The molecule has 1 fully saturated rings. The van der Waals surface area contributed by atoms with E-state index in [4.69, 9.17) is 4.74 Å². The van der Waals surface area contributed by atoms with Crippen LogP contribution in [0.25, 0.3) is 0 Å². The van der Waals surface area contributed by atoms with E-state index in [1.54, 1.807) is 0 Å². The van der Waals surface area contributed by atoms with E-state index < -0.39 is 12.3 Å². The fraction of sp³-hybridized carbons (Fsp3) is 1.00. The van der Waals surface area contributed by atoms with Gasteiger partial charge in [0.05, 0.1) is 6.61 Å². The lowest BCUT2D eigenvalue weighted by Crippen LogP contribution is -2.31. The van der Waals surface area contributed by atoms with Gasteiger partial charge in [-0.25, -0.2) is 0 Å². The Morgan fingerprint density at radius 1 is 1.46 bits per heavy atom. The van der Waals surface area contributed by atoms with E-state index in [9.17, 15) is 13.2 Å². The molecule has 0 saturated heterocycles. The summed E-state index contributed by atoms with van der Waals surface area (Å²) in [6.45, 7) is 1.21. The van der Waals surface area contributed by atoms with E-state index in [-0.39, 0.29) is 12.0 Å². The molecule has 5 heteroatoms. The van der Waals surface area contributed by atoms with E-state index >= 15 is 0 Å². The largest absolute Gasteiger partial charge is 0.414 e. The number of rotatable bonds is 4. The molecule has 0 amide bonds. The topological polar surface area (TPSA) is 9.23 Å². The monoisotopic (exact) mass is 214 g/mol. The quantitative estimate of drug-likeness (QED) is 0.708. The van der Waals surface area contributed by atoms with E-state index in [1.807, 2.05) is 0 Å². The van der Waals surface area contributed by atoms with Gasteiger partial charge in [0.25, 0.3) is 0 Å². The average Bonchev–Trinajstić information content (AvgIpc) is 2.79. The number of ether oxygens (including phenoxy) is 1. The van der Waals surface area contributed by atoms with Gasteiger partial charge in [0, 0.05) is 5.41 Å². The smallest absolute Gasteiger partial charge is 0.368 e. The van der Waals surface area contributed by atoms with Crippen LogP contribution in [0, 0.1) is 5.41 Å². The van der Waals surface area contributed by atoms with Gasteiger partial charge in [-0.15, -0.1) is 0 Å². The van der Waals surface area contributed by atoms with Gasteiger partial charge in [-0.3, -0.25) is 0 Å². The maximum absolute atomic E-state index is 12.0. The van der Waals surface area contributed by atoms with Gasteiger partial charge in [-0.05, 0) is 25.5 Å². The molecular formula is C8H13F3OS. The highest BCUT2D eigenvalue weighted by Gasteiger charge is 2.44. The first-order valence-corrected chi connectivity index (χ1v) is 4.82. The van der Waals surface area contributed by atoms with Crippen molar-refractivity contribution >= 4 is 12.6 Å². The number of alkyl halides is 3. The average molecular weight is 214 g/mol. The Morgan fingerprint density at radius 3 is 2.31 bits per heavy atom. The molecule has 1 nitrogen and oxygen atoms in total. The Bertz CT molecular complexity index is 177. The highest BCUT2D eigenvalue weighted by molar-refractivity contribution is 7.80. The van der Waals surface area contributed by atoms with Crippen LogP contribution in [0.5, 0.6) is 0 Å². The molecule has 1 unspecified atom stereocenters. The number of hydrogen-bond acceptors (Lipinski definition) is 2. The molecule has 13 heavy (non-hydrogen) atoms. The van der Waals surface area contributed by atoms with E-state index in [1.165, 1.54) is 0 Å². The van der Waals surface area contributed by atoms with Crippen LogP contribution in [0.1, 0.15) is 19.8 Å². The van der Waals surface area contributed by atoms with Gasteiger partial charge in [0.15, 0.2) is 6.10 Å². The molecule has 1 aliphatic rings. The predicted octanol–water partition coefficient (Wildman–Crippen LogP) is 2.66. The summed E-state index contributed by atoms with van der Waals surface area (Å²) in [5.41, 5.74) is -0.0668. The Hall–Kier alpha value is 0.100. The minimum absolute atomic E-state index is 0.0668. The summed E-state index contributed by atoms with van der Waals surface area (Å²) in [5, 5.41) is 0. The van der Waals surface area contributed by atoms with Crippen molar-refractivity contribution in [1.29, 1.82) is 0 Å². The minimum atomic E-state index is -4.24. The lowest BCUT2D eigenvalue weighted by atomic mass is 10.2. The van der Waals surface area contributed by atoms with Crippen LogP contribution in [-0.2, 0) is 4.74 Å². The third kappa shape index (κ3) is 3.06. The Labute approximate surface area is 81.1 Å². The lowest BCUT2D eigenvalue weighted by molar-refractivity contribution is -0.217. The van der Waals surface area contributed by atoms with Crippen molar-refractivity contribution in [2.45, 2.75) is 32.0 Å². The van der Waals surface area contributed by atoms with Gasteiger partial charge in [-0.1, -0.05) is 0 Å².